The van der Waals surface area contributed by atoms with Gasteiger partial charge in [-0.15, -0.1) is 0 Å². The van der Waals surface area contributed by atoms with Crippen LogP contribution in [0.5, 0.6) is 17.2 Å². The second kappa shape index (κ2) is 19.1. The Labute approximate surface area is 288 Å². The van der Waals surface area contributed by atoms with Gasteiger partial charge in [0.25, 0.3) is 0 Å². The Morgan fingerprint density at radius 2 is 0.900 bits per heavy atom. The first-order chi connectivity index (χ1) is 23.6. The van der Waals surface area contributed by atoms with Crippen molar-refractivity contribution in [3.8, 4) is 17.2 Å². The van der Waals surface area contributed by atoms with Crippen LogP contribution in [0.3, 0.4) is 0 Å². The lowest BCUT2D eigenvalue weighted by atomic mass is 10.1. The average Bonchev–Trinajstić information content (AvgIpc) is 3.05. The summed E-state index contributed by atoms with van der Waals surface area (Å²) in [5, 5.41) is 0. The Balaban J connectivity index is 1.80. The van der Waals surface area contributed by atoms with Crippen molar-refractivity contribution in [2.75, 3.05) is 18.0 Å². The van der Waals surface area contributed by atoms with Gasteiger partial charge in [0.05, 0.1) is 22.4 Å². The molecule has 0 atom stereocenters. The zero-order valence-corrected chi connectivity index (χ0v) is 28.2. The van der Waals surface area contributed by atoms with E-state index in [1.807, 2.05) is 0 Å². The Morgan fingerprint density at radius 1 is 0.500 bits per heavy atom. The van der Waals surface area contributed by atoms with E-state index in [2.05, 4.69) is 6.92 Å². The summed E-state index contributed by atoms with van der Waals surface area (Å²) in [5.74, 6) is -0.403. The molecule has 14 heteroatoms. The van der Waals surface area contributed by atoms with Gasteiger partial charge in [-0.05, 0) is 80.1 Å². The second-order valence-electron chi connectivity index (χ2n) is 12.0. The first-order valence-electron chi connectivity index (χ1n) is 16.9. The molecular weight excluding hydrogens is 676 g/mol. The van der Waals surface area contributed by atoms with Gasteiger partial charge in [0.2, 0.25) is 0 Å². The van der Waals surface area contributed by atoms with Crippen molar-refractivity contribution in [2.24, 2.45) is 0 Å². The topological polar surface area (TPSA) is 30.9 Å². The molecular formula is C36H43BF9NO3. The lowest BCUT2D eigenvalue weighted by Crippen LogP contribution is -2.38. The summed E-state index contributed by atoms with van der Waals surface area (Å²) in [4.78, 5) is 1.71. The SMILES string of the molecule is CCCCCCCCCCCCCN(CC)c1cc(C(F)(F)F)ccc1OB(Oc1ccc(C(F)(F)F)cc1)Oc1ccc(C(F)(F)F)cc1. The van der Waals surface area contributed by atoms with Crippen molar-refractivity contribution < 1.29 is 53.5 Å². The maximum atomic E-state index is 13.8. The smallest absolute Gasteiger partial charge is 0.490 e. The normalized spacial score (nSPS) is 12.1. The summed E-state index contributed by atoms with van der Waals surface area (Å²) < 4.78 is 137. The quantitative estimate of drug-likeness (QED) is 0.0661. The number of rotatable bonds is 20. The molecule has 276 valence electrons. The highest BCUT2D eigenvalue weighted by atomic mass is 19.4. The highest BCUT2D eigenvalue weighted by molar-refractivity contribution is 6.39. The molecule has 4 nitrogen and oxygen atoms in total. The zero-order valence-electron chi connectivity index (χ0n) is 28.2. The molecule has 0 aliphatic carbocycles. The number of unbranched alkanes of at least 4 members (excludes halogenated alkanes) is 10. The van der Waals surface area contributed by atoms with E-state index in [9.17, 15) is 39.5 Å². The number of hydrogen-bond acceptors (Lipinski definition) is 4. The molecule has 3 aromatic carbocycles. The summed E-state index contributed by atoms with van der Waals surface area (Å²) in [6.45, 7) is 4.69. The minimum atomic E-state index is -4.67. The number of hydrogen-bond donors (Lipinski definition) is 0. The van der Waals surface area contributed by atoms with Crippen molar-refractivity contribution in [1.29, 1.82) is 0 Å². The summed E-state index contributed by atoms with van der Waals surface area (Å²) in [6.07, 6.45) is -1.80. The third-order valence-corrected chi connectivity index (χ3v) is 8.09. The highest BCUT2D eigenvalue weighted by Gasteiger charge is 2.36. The monoisotopic (exact) mass is 719 g/mol. The van der Waals surface area contributed by atoms with Crippen LogP contribution in [-0.4, -0.2) is 20.4 Å². The van der Waals surface area contributed by atoms with Crippen LogP contribution in [0.25, 0.3) is 0 Å². The lowest BCUT2D eigenvalue weighted by molar-refractivity contribution is -0.138. The lowest BCUT2D eigenvalue weighted by Gasteiger charge is -2.27. The standard InChI is InChI=1S/C36H43BF9NO3/c1-3-5-6-7-8-9-10-11-12-13-14-25-47(4-2)32-26-29(36(44,45)46)19-24-33(32)50-37(48-30-20-15-27(16-21-30)34(38,39)40)49-31-22-17-28(18-23-31)35(41,42)43/h15-24,26H,3-14,25H2,1-2H3. The van der Waals surface area contributed by atoms with Crippen LogP contribution in [0.15, 0.2) is 66.7 Å². The number of anilines is 1. The molecule has 0 N–H and O–H groups in total. The van der Waals surface area contributed by atoms with Crippen molar-refractivity contribution in [2.45, 2.75) is 103 Å². The van der Waals surface area contributed by atoms with Gasteiger partial charge < -0.3 is 18.9 Å². The minimum Gasteiger partial charge on any atom is -0.490 e. The third-order valence-electron chi connectivity index (χ3n) is 8.09. The molecule has 50 heavy (non-hydrogen) atoms. The van der Waals surface area contributed by atoms with E-state index in [-0.39, 0.29) is 22.9 Å². The summed E-state index contributed by atoms with van der Waals surface area (Å²) in [7, 11) is -1.82. The first kappa shape index (κ1) is 40.7. The van der Waals surface area contributed by atoms with Gasteiger partial charge in [-0.25, -0.2) is 0 Å². The van der Waals surface area contributed by atoms with E-state index >= 15 is 0 Å². The predicted octanol–water partition coefficient (Wildman–Crippen LogP) is 12.4. The Bertz CT molecular complexity index is 1350. The van der Waals surface area contributed by atoms with E-state index in [0.29, 0.717) is 19.5 Å². The summed E-state index contributed by atoms with van der Waals surface area (Å²) in [5.41, 5.74) is -2.78. The zero-order chi connectivity index (χ0) is 36.8. The summed E-state index contributed by atoms with van der Waals surface area (Å²) >= 11 is 0. The van der Waals surface area contributed by atoms with Crippen LogP contribution >= 0.6 is 0 Å². The first-order valence-corrected chi connectivity index (χ1v) is 16.9. The minimum absolute atomic E-state index is 0.0754. The molecule has 0 unspecified atom stereocenters. The van der Waals surface area contributed by atoms with Gasteiger partial charge in [-0.3, -0.25) is 0 Å². The van der Waals surface area contributed by atoms with Crippen LogP contribution in [-0.2, 0) is 18.5 Å². The third kappa shape index (κ3) is 13.5. The molecule has 0 heterocycles. The van der Waals surface area contributed by atoms with Gasteiger partial charge in [0.15, 0.2) is 0 Å². The molecule has 0 fully saturated rings. The fourth-order valence-electron chi connectivity index (χ4n) is 5.30. The average molecular weight is 720 g/mol. The van der Waals surface area contributed by atoms with Crippen LogP contribution in [0, 0.1) is 0 Å². The van der Waals surface area contributed by atoms with E-state index in [4.69, 9.17) is 14.0 Å². The van der Waals surface area contributed by atoms with E-state index in [0.717, 1.165) is 92.4 Å². The predicted molar refractivity (Wildman–Crippen MR) is 176 cm³/mol. The molecule has 0 spiro atoms. The van der Waals surface area contributed by atoms with Crippen molar-refractivity contribution in [3.63, 3.8) is 0 Å². The molecule has 0 saturated carbocycles. The van der Waals surface area contributed by atoms with E-state index in [1.165, 1.54) is 38.5 Å². The second-order valence-corrected chi connectivity index (χ2v) is 12.0. The Hall–Kier alpha value is -3.71. The maximum absolute atomic E-state index is 13.8. The number of benzene rings is 3. The van der Waals surface area contributed by atoms with Gasteiger partial charge in [-0.1, -0.05) is 71.1 Å². The van der Waals surface area contributed by atoms with Gasteiger partial charge in [-0.2, -0.15) is 39.5 Å². The highest BCUT2D eigenvalue weighted by Crippen LogP contribution is 2.38. The van der Waals surface area contributed by atoms with Crippen molar-refractivity contribution in [3.05, 3.63) is 83.4 Å². The van der Waals surface area contributed by atoms with Crippen LogP contribution < -0.4 is 18.9 Å². The number of alkyl halides is 9. The Kier molecular flexibility index (Phi) is 15.5. The van der Waals surface area contributed by atoms with Gasteiger partial charge >= 0.3 is 25.9 Å². The molecule has 0 aliphatic rings. The molecule has 0 radical (unpaired) electrons. The molecule has 3 rings (SSSR count). The molecule has 0 saturated heterocycles. The molecule has 3 aromatic rings. The van der Waals surface area contributed by atoms with E-state index in [1.54, 1.807) is 11.8 Å². The summed E-state index contributed by atoms with van der Waals surface area (Å²) in [6, 6.07) is 9.80. The fraction of sp³-hybridized carbons (Fsp3) is 0.500. The maximum Gasteiger partial charge on any atom is 0.864 e. The van der Waals surface area contributed by atoms with Crippen LogP contribution in [0.1, 0.15) is 101 Å². The van der Waals surface area contributed by atoms with Gasteiger partial charge in [0, 0.05) is 13.1 Å². The Morgan fingerprint density at radius 3 is 1.30 bits per heavy atom. The van der Waals surface area contributed by atoms with Crippen LogP contribution in [0.4, 0.5) is 45.2 Å². The largest absolute Gasteiger partial charge is 0.864 e. The number of halogens is 9. The molecule has 0 amide bonds. The van der Waals surface area contributed by atoms with E-state index < -0.39 is 42.5 Å². The fourth-order valence-corrected chi connectivity index (χ4v) is 5.30. The van der Waals surface area contributed by atoms with Gasteiger partial charge in [0.1, 0.15) is 17.2 Å². The molecule has 0 bridgehead atoms. The molecule has 0 aliphatic heterocycles. The van der Waals surface area contributed by atoms with Crippen molar-refractivity contribution in [1.82, 2.24) is 0 Å². The van der Waals surface area contributed by atoms with Crippen LogP contribution in [0.2, 0.25) is 0 Å². The molecule has 0 aromatic heterocycles. The number of nitrogens with zero attached hydrogens (tertiary/aromatic N) is 1. The van der Waals surface area contributed by atoms with Crippen molar-refractivity contribution >= 4 is 13.0 Å².